The fourth-order valence-corrected chi connectivity index (χ4v) is 2.57. The minimum Gasteiger partial charge on any atom is -0.369 e. The fourth-order valence-electron chi connectivity index (χ4n) is 2.39. The molecule has 0 radical (unpaired) electrons. The highest BCUT2D eigenvalue weighted by Gasteiger charge is 2.30. The number of hydrogen-bond donors (Lipinski definition) is 0. The summed E-state index contributed by atoms with van der Waals surface area (Å²) in [4.78, 5) is 4.73. The van der Waals surface area contributed by atoms with E-state index in [1.807, 2.05) is 18.2 Å². The van der Waals surface area contributed by atoms with Crippen LogP contribution in [0.3, 0.4) is 0 Å². The Hall–Kier alpha value is -1.12. The van der Waals surface area contributed by atoms with Crippen LogP contribution in [0.5, 0.6) is 0 Å². The maximum atomic E-state index is 6.01. The third-order valence-corrected chi connectivity index (χ3v) is 3.50. The highest BCUT2D eigenvalue weighted by Crippen LogP contribution is 2.33. The normalized spacial score (nSPS) is 18.1. The number of aromatic nitrogens is 1. The van der Waals surface area contributed by atoms with E-state index in [4.69, 9.17) is 21.3 Å². The molecule has 3 rings (SSSR count). The fraction of sp³-hybridized carbons (Fsp3) is 0.357. The molecule has 0 bridgehead atoms. The zero-order valence-electron chi connectivity index (χ0n) is 9.96. The summed E-state index contributed by atoms with van der Waals surface area (Å²) >= 11 is 6.01. The van der Waals surface area contributed by atoms with E-state index in [9.17, 15) is 0 Å². The van der Waals surface area contributed by atoms with Crippen LogP contribution in [0, 0.1) is 0 Å². The van der Waals surface area contributed by atoms with E-state index in [0.29, 0.717) is 0 Å². The van der Waals surface area contributed by atoms with Crippen LogP contribution in [-0.2, 0) is 16.8 Å². The van der Waals surface area contributed by atoms with Crippen molar-refractivity contribution in [3.63, 3.8) is 0 Å². The van der Waals surface area contributed by atoms with Crippen LogP contribution in [0.4, 0.5) is 0 Å². The third kappa shape index (κ3) is 1.81. The summed E-state index contributed by atoms with van der Waals surface area (Å²) in [5, 5.41) is 1.86. The lowest BCUT2D eigenvalue weighted by Gasteiger charge is -2.31. The Morgan fingerprint density at radius 1 is 1.29 bits per heavy atom. The SMILES string of the molecule is CC1(C)OCCc2cc3cc(Cl)ccc3nc21. The monoisotopic (exact) mass is 247 g/mol. The number of pyridine rings is 1. The molecule has 0 atom stereocenters. The molecule has 1 aliphatic rings. The Kier molecular flexibility index (Phi) is 2.39. The van der Waals surface area contributed by atoms with Crippen molar-refractivity contribution in [1.29, 1.82) is 0 Å². The second-order valence-corrected chi connectivity index (χ2v) is 5.38. The molecular formula is C14H14ClNO. The second kappa shape index (κ2) is 3.69. The number of ether oxygens (including phenoxy) is 1. The van der Waals surface area contributed by atoms with Gasteiger partial charge in [0.05, 0.1) is 17.8 Å². The Bertz CT molecular complexity index is 592. The molecule has 1 aromatic heterocycles. The number of benzene rings is 1. The van der Waals surface area contributed by atoms with Gasteiger partial charge in [0.1, 0.15) is 5.60 Å². The average Bonchev–Trinajstić information content (AvgIpc) is 2.26. The smallest absolute Gasteiger partial charge is 0.105 e. The largest absolute Gasteiger partial charge is 0.369 e. The minimum absolute atomic E-state index is 0.290. The van der Waals surface area contributed by atoms with E-state index >= 15 is 0 Å². The maximum Gasteiger partial charge on any atom is 0.105 e. The van der Waals surface area contributed by atoms with Gasteiger partial charge in [-0.1, -0.05) is 11.6 Å². The Balaban J connectivity index is 2.28. The molecule has 2 aromatic rings. The number of nitrogens with zero attached hydrogens (tertiary/aromatic N) is 1. The molecule has 0 spiro atoms. The lowest BCUT2D eigenvalue weighted by Crippen LogP contribution is -2.30. The number of rotatable bonds is 0. The van der Waals surface area contributed by atoms with Gasteiger partial charge in [0, 0.05) is 10.4 Å². The molecule has 0 N–H and O–H groups in total. The highest BCUT2D eigenvalue weighted by molar-refractivity contribution is 6.31. The van der Waals surface area contributed by atoms with Crippen molar-refractivity contribution in [2.45, 2.75) is 25.9 Å². The van der Waals surface area contributed by atoms with Gasteiger partial charge in [-0.15, -0.1) is 0 Å². The highest BCUT2D eigenvalue weighted by atomic mass is 35.5. The lowest BCUT2D eigenvalue weighted by molar-refractivity contribution is -0.0347. The molecule has 0 amide bonds. The van der Waals surface area contributed by atoms with Crippen LogP contribution in [0.15, 0.2) is 24.3 Å². The van der Waals surface area contributed by atoms with E-state index in [1.165, 1.54) is 5.56 Å². The first-order valence-electron chi connectivity index (χ1n) is 5.80. The quantitative estimate of drug-likeness (QED) is 0.708. The molecule has 3 heteroatoms. The maximum absolute atomic E-state index is 6.01. The van der Waals surface area contributed by atoms with Crippen LogP contribution in [0.2, 0.25) is 5.02 Å². The zero-order chi connectivity index (χ0) is 12.0. The van der Waals surface area contributed by atoms with E-state index < -0.39 is 0 Å². The van der Waals surface area contributed by atoms with Crippen molar-refractivity contribution < 1.29 is 4.74 Å². The van der Waals surface area contributed by atoms with Gasteiger partial charge in [-0.2, -0.15) is 0 Å². The molecule has 2 nitrogen and oxygen atoms in total. The molecule has 88 valence electrons. The van der Waals surface area contributed by atoms with Crippen LogP contribution < -0.4 is 0 Å². The van der Waals surface area contributed by atoms with E-state index in [2.05, 4.69) is 19.9 Å². The number of halogens is 1. The van der Waals surface area contributed by atoms with Gasteiger partial charge in [0.25, 0.3) is 0 Å². The summed E-state index contributed by atoms with van der Waals surface area (Å²) in [6.07, 6.45) is 0.925. The Morgan fingerprint density at radius 3 is 2.94 bits per heavy atom. The summed E-state index contributed by atoms with van der Waals surface area (Å²) in [5.41, 5.74) is 3.02. The third-order valence-electron chi connectivity index (χ3n) is 3.26. The van der Waals surface area contributed by atoms with Crippen LogP contribution >= 0.6 is 11.6 Å². The zero-order valence-corrected chi connectivity index (χ0v) is 10.7. The van der Waals surface area contributed by atoms with Crippen LogP contribution in [0.25, 0.3) is 10.9 Å². The van der Waals surface area contributed by atoms with Crippen molar-refractivity contribution in [3.05, 3.63) is 40.5 Å². The lowest BCUT2D eigenvalue weighted by atomic mass is 9.93. The standard InChI is InChI=1S/C14H14ClNO/c1-14(2)13-9(5-6-17-14)7-10-8-11(15)3-4-12(10)16-13/h3-4,7-8H,5-6H2,1-2H3. The Labute approximate surface area is 106 Å². The molecule has 2 heterocycles. The summed E-state index contributed by atoms with van der Waals surface area (Å²) in [6.45, 7) is 4.90. The first-order chi connectivity index (χ1) is 8.06. The molecule has 0 fully saturated rings. The van der Waals surface area contributed by atoms with Crippen LogP contribution in [-0.4, -0.2) is 11.6 Å². The van der Waals surface area contributed by atoms with E-state index in [0.717, 1.165) is 34.6 Å². The molecule has 0 unspecified atom stereocenters. The molecule has 0 saturated carbocycles. The molecule has 1 aromatic carbocycles. The minimum atomic E-state index is -0.290. The van der Waals surface area contributed by atoms with Gasteiger partial charge >= 0.3 is 0 Å². The van der Waals surface area contributed by atoms with Crippen molar-refractivity contribution >= 4 is 22.5 Å². The Morgan fingerprint density at radius 2 is 2.12 bits per heavy atom. The van der Waals surface area contributed by atoms with Gasteiger partial charge < -0.3 is 4.74 Å². The van der Waals surface area contributed by atoms with Crippen molar-refractivity contribution in [1.82, 2.24) is 4.98 Å². The topological polar surface area (TPSA) is 22.1 Å². The molecule has 1 aliphatic heterocycles. The van der Waals surface area contributed by atoms with Gasteiger partial charge in [0.2, 0.25) is 0 Å². The summed E-state index contributed by atoms with van der Waals surface area (Å²) in [5.74, 6) is 0. The predicted molar refractivity (Wildman–Crippen MR) is 69.4 cm³/mol. The van der Waals surface area contributed by atoms with E-state index in [-0.39, 0.29) is 5.60 Å². The summed E-state index contributed by atoms with van der Waals surface area (Å²) < 4.78 is 5.78. The first kappa shape index (κ1) is 11.0. The van der Waals surface area contributed by atoms with Gasteiger partial charge in [0.15, 0.2) is 0 Å². The summed E-state index contributed by atoms with van der Waals surface area (Å²) in [7, 11) is 0. The van der Waals surface area contributed by atoms with Crippen molar-refractivity contribution in [2.75, 3.05) is 6.61 Å². The van der Waals surface area contributed by atoms with E-state index in [1.54, 1.807) is 0 Å². The van der Waals surface area contributed by atoms with Crippen molar-refractivity contribution in [2.24, 2.45) is 0 Å². The molecule has 0 aliphatic carbocycles. The number of fused-ring (bicyclic) bond motifs is 2. The molecule has 0 saturated heterocycles. The van der Waals surface area contributed by atoms with Gasteiger partial charge in [-0.05, 0) is 50.1 Å². The first-order valence-corrected chi connectivity index (χ1v) is 6.18. The second-order valence-electron chi connectivity index (χ2n) is 4.94. The molecule has 17 heavy (non-hydrogen) atoms. The number of hydrogen-bond acceptors (Lipinski definition) is 2. The van der Waals surface area contributed by atoms with Crippen LogP contribution in [0.1, 0.15) is 25.1 Å². The predicted octanol–water partition coefficient (Wildman–Crippen LogP) is 3.70. The average molecular weight is 248 g/mol. The van der Waals surface area contributed by atoms with Gasteiger partial charge in [-0.25, -0.2) is 4.98 Å². The summed E-state index contributed by atoms with van der Waals surface area (Å²) in [6, 6.07) is 7.99. The van der Waals surface area contributed by atoms with Crippen molar-refractivity contribution in [3.8, 4) is 0 Å². The van der Waals surface area contributed by atoms with Gasteiger partial charge in [-0.3, -0.25) is 0 Å². The molecular weight excluding hydrogens is 234 g/mol.